The van der Waals surface area contributed by atoms with Crippen LogP contribution < -0.4 is 10.6 Å². The lowest BCUT2D eigenvalue weighted by atomic mass is 9.98. The van der Waals surface area contributed by atoms with E-state index in [9.17, 15) is 4.79 Å². The highest BCUT2D eigenvalue weighted by molar-refractivity contribution is 5.95. The number of aromatic nitrogens is 2. The highest BCUT2D eigenvalue weighted by Crippen LogP contribution is 2.29. The number of H-pyrrole nitrogens is 1. The molecule has 0 saturated carbocycles. The maximum absolute atomic E-state index is 12.5. The molecule has 0 unspecified atom stereocenters. The average Bonchev–Trinajstić information content (AvgIpc) is 3.13. The third-order valence-electron chi connectivity index (χ3n) is 5.25. The molecule has 152 valence electrons. The maximum atomic E-state index is 12.5. The van der Waals surface area contributed by atoms with E-state index in [0.717, 1.165) is 28.0 Å². The number of benzene rings is 2. The molecule has 1 amide bonds. The van der Waals surface area contributed by atoms with Crippen molar-refractivity contribution in [2.75, 3.05) is 10.6 Å². The van der Waals surface area contributed by atoms with Crippen LogP contribution in [0.15, 0.2) is 67.0 Å². The summed E-state index contributed by atoms with van der Waals surface area (Å²) in [6, 6.07) is 18.0. The van der Waals surface area contributed by atoms with E-state index in [1.54, 1.807) is 6.20 Å². The Morgan fingerprint density at radius 1 is 1.07 bits per heavy atom. The van der Waals surface area contributed by atoms with Crippen LogP contribution in [0.5, 0.6) is 0 Å². The predicted molar refractivity (Wildman–Crippen MR) is 123 cm³/mol. The molecule has 0 saturated heterocycles. The Labute approximate surface area is 176 Å². The van der Waals surface area contributed by atoms with Gasteiger partial charge in [-0.25, -0.2) is 4.98 Å². The molecule has 4 aromatic rings. The van der Waals surface area contributed by atoms with Crippen molar-refractivity contribution >= 4 is 34.0 Å². The van der Waals surface area contributed by atoms with Gasteiger partial charge in [-0.1, -0.05) is 50.2 Å². The number of para-hydroxylation sites is 2. The van der Waals surface area contributed by atoms with Crippen molar-refractivity contribution < 1.29 is 4.79 Å². The molecule has 0 aliphatic carbocycles. The molecular formula is C25H26N4O. The Kier molecular flexibility index (Phi) is 5.53. The molecule has 5 nitrogen and oxygen atoms in total. The first-order chi connectivity index (χ1) is 14.5. The van der Waals surface area contributed by atoms with Gasteiger partial charge >= 0.3 is 0 Å². The second kappa shape index (κ2) is 8.41. The van der Waals surface area contributed by atoms with E-state index >= 15 is 0 Å². The third kappa shape index (κ3) is 4.20. The fourth-order valence-electron chi connectivity index (χ4n) is 3.67. The second-order valence-electron chi connectivity index (χ2n) is 7.84. The molecular weight excluding hydrogens is 372 g/mol. The number of nitrogens with one attached hydrogen (secondary N) is 3. The van der Waals surface area contributed by atoms with Crippen molar-refractivity contribution in [3.05, 3.63) is 83.7 Å². The molecule has 0 radical (unpaired) electrons. The summed E-state index contributed by atoms with van der Waals surface area (Å²) in [5, 5.41) is 7.44. The quantitative estimate of drug-likeness (QED) is 0.378. The van der Waals surface area contributed by atoms with Crippen molar-refractivity contribution in [3.63, 3.8) is 0 Å². The number of anilines is 3. The molecule has 0 atom stereocenters. The molecule has 0 spiro atoms. The number of fused-ring (bicyclic) bond motifs is 1. The Morgan fingerprint density at radius 3 is 2.67 bits per heavy atom. The molecule has 3 N–H and O–H groups in total. The lowest BCUT2D eigenvalue weighted by Crippen LogP contribution is -2.14. The average molecular weight is 399 g/mol. The van der Waals surface area contributed by atoms with Gasteiger partial charge in [0.05, 0.1) is 18.3 Å². The number of amides is 1. The third-order valence-corrected chi connectivity index (χ3v) is 5.25. The maximum Gasteiger partial charge on any atom is 0.228 e. The minimum absolute atomic E-state index is 0.0664. The molecule has 30 heavy (non-hydrogen) atoms. The first-order valence-corrected chi connectivity index (χ1v) is 10.2. The molecule has 0 aliphatic rings. The molecule has 4 rings (SSSR count). The van der Waals surface area contributed by atoms with Crippen molar-refractivity contribution in [2.24, 2.45) is 0 Å². The monoisotopic (exact) mass is 398 g/mol. The largest absolute Gasteiger partial charge is 0.361 e. The summed E-state index contributed by atoms with van der Waals surface area (Å²) in [6.45, 7) is 6.45. The van der Waals surface area contributed by atoms with Gasteiger partial charge in [-0.2, -0.15) is 0 Å². The van der Waals surface area contributed by atoms with Gasteiger partial charge in [0.2, 0.25) is 5.91 Å². The topological polar surface area (TPSA) is 69.8 Å². The Bertz CT molecular complexity index is 1180. The van der Waals surface area contributed by atoms with Crippen LogP contribution in [0.1, 0.15) is 36.5 Å². The molecule has 2 aromatic heterocycles. The van der Waals surface area contributed by atoms with Gasteiger partial charge in [-0.3, -0.25) is 4.79 Å². The zero-order chi connectivity index (χ0) is 21.1. The van der Waals surface area contributed by atoms with E-state index < -0.39 is 0 Å². The van der Waals surface area contributed by atoms with Crippen LogP contribution in [-0.4, -0.2) is 15.9 Å². The van der Waals surface area contributed by atoms with E-state index in [0.29, 0.717) is 18.0 Å². The Morgan fingerprint density at radius 2 is 1.90 bits per heavy atom. The predicted octanol–water partition coefficient (Wildman–Crippen LogP) is 5.92. The second-order valence-corrected chi connectivity index (χ2v) is 7.84. The summed E-state index contributed by atoms with van der Waals surface area (Å²) in [5.74, 6) is 1.10. The fourth-order valence-corrected chi connectivity index (χ4v) is 3.67. The van der Waals surface area contributed by atoms with Crippen molar-refractivity contribution in [1.82, 2.24) is 9.97 Å². The number of rotatable bonds is 6. The summed E-state index contributed by atoms with van der Waals surface area (Å²) in [7, 11) is 0. The normalized spacial score (nSPS) is 11.1. The molecule has 5 heteroatoms. The lowest BCUT2D eigenvalue weighted by molar-refractivity contribution is -0.115. The standard InChI is InChI=1S/C25H26N4O/c1-16(2)20-9-6-7-17(3)25(20)29-23-12-11-19(15-27-23)28-24(30)13-18-14-26-22-10-5-4-8-21(18)22/h4-12,14-16,26H,13H2,1-3H3,(H,27,29)(H,28,30). The van der Waals surface area contributed by atoms with E-state index in [4.69, 9.17) is 0 Å². The minimum Gasteiger partial charge on any atom is -0.361 e. The molecule has 0 aliphatic heterocycles. The number of hydrogen-bond donors (Lipinski definition) is 3. The van der Waals surface area contributed by atoms with Crippen molar-refractivity contribution in [1.29, 1.82) is 0 Å². The van der Waals surface area contributed by atoms with E-state index in [1.165, 1.54) is 11.1 Å². The van der Waals surface area contributed by atoms with E-state index in [2.05, 4.69) is 59.6 Å². The first kappa shape index (κ1) is 19.7. The highest BCUT2D eigenvalue weighted by Gasteiger charge is 2.11. The van der Waals surface area contributed by atoms with E-state index in [-0.39, 0.29) is 5.91 Å². The smallest absolute Gasteiger partial charge is 0.228 e. The molecule has 0 fully saturated rings. The van der Waals surface area contributed by atoms with Crippen LogP contribution in [0.3, 0.4) is 0 Å². The van der Waals surface area contributed by atoms with Crippen LogP contribution >= 0.6 is 0 Å². The summed E-state index contributed by atoms with van der Waals surface area (Å²) in [5.41, 5.74) is 6.23. The van der Waals surface area contributed by atoms with Gasteiger partial charge in [-0.05, 0) is 47.7 Å². The minimum atomic E-state index is -0.0664. The highest BCUT2D eigenvalue weighted by atomic mass is 16.1. The van der Waals surface area contributed by atoms with Gasteiger partial charge in [0.25, 0.3) is 0 Å². The fraction of sp³-hybridized carbons (Fsp3) is 0.200. The molecule has 2 aromatic carbocycles. The number of aryl methyl sites for hydroxylation is 1. The van der Waals surface area contributed by atoms with Crippen molar-refractivity contribution in [2.45, 2.75) is 33.1 Å². The number of carbonyl (C=O) groups is 1. The number of hydrogen-bond acceptors (Lipinski definition) is 3. The van der Waals surface area contributed by atoms with Crippen LogP contribution in [0.4, 0.5) is 17.2 Å². The van der Waals surface area contributed by atoms with Gasteiger partial charge in [-0.15, -0.1) is 0 Å². The SMILES string of the molecule is Cc1cccc(C(C)C)c1Nc1ccc(NC(=O)Cc2c[nH]c3ccccc23)cn1. The van der Waals surface area contributed by atoms with Crippen LogP contribution in [0.2, 0.25) is 0 Å². The van der Waals surface area contributed by atoms with Gasteiger partial charge in [0, 0.05) is 22.8 Å². The summed E-state index contributed by atoms with van der Waals surface area (Å²) >= 11 is 0. The molecule has 0 bridgehead atoms. The van der Waals surface area contributed by atoms with Crippen LogP contribution in [0.25, 0.3) is 10.9 Å². The van der Waals surface area contributed by atoms with Crippen LogP contribution in [-0.2, 0) is 11.2 Å². The number of carbonyl (C=O) groups excluding carboxylic acids is 1. The zero-order valence-electron chi connectivity index (χ0n) is 17.5. The van der Waals surface area contributed by atoms with Gasteiger partial charge in [0.15, 0.2) is 0 Å². The number of aromatic amines is 1. The summed E-state index contributed by atoms with van der Waals surface area (Å²) in [6.07, 6.45) is 3.89. The Hall–Kier alpha value is -3.60. The van der Waals surface area contributed by atoms with Crippen molar-refractivity contribution in [3.8, 4) is 0 Å². The summed E-state index contributed by atoms with van der Waals surface area (Å²) < 4.78 is 0. The zero-order valence-corrected chi connectivity index (χ0v) is 17.5. The van der Waals surface area contributed by atoms with Crippen LogP contribution in [0, 0.1) is 6.92 Å². The lowest BCUT2D eigenvalue weighted by Gasteiger charge is -2.17. The number of nitrogens with zero attached hydrogens (tertiary/aromatic N) is 1. The summed E-state index contributed by atoms with van der Waals surface area (Å²) in [4.78, 5) is 20.2. The number of pyridine rings is 1. The first-order valence-electron chi connectivity index (χ1n) is 10.2. The van der Waals surface area contributed by atoms with Gasteiger partial charge < -0.3 is 15.6 Å². The van der Waals surface area contributed by atoms with E-state index in [1.807, 2.05) is 42.6 Å². The molecule has 2 heterocycles. The Balaban J connectivity index is 1.43. The van der Waals surface area contributed by atoms with Gasteiger partial charge in [0.1, 0.15) is 5.82 Å².